The summed E-state index contributed by atoms with van der Waals surface area (Å²) in [6, 6.07) is 58.9. The van der Waals surface area contributed by atoms with Gasteiger partial charge in [-0.05, 0) is 58.6 Å². The third-order valence-electron chi connectivity index (χ3n) is 14.0. The van der Waals surface area contributed by atoms with Crippen LogP contribution in [0.4, 0.5) is 0 Å². The van der Waals surface area contributed by atoms with E-state index >= 15 is 0 Å². The molecule has 9 nitrogen and oxygen atoms in total. The summed E-state index contributed by atoms with van der Waals surface area (Å²) in [5.41, 5.74) is 5.52. The summed E-state index contributed by atoms with van der Waals surface area (Å²) in [4.78, 5) is 13.6. The molecule has 3 aliphatic rings. The second-order valence-electron chi connectivity index (χ2n) is 18.9. The summed E-state index contributed by atoms with van der Waals surface area (Å²) in [6.07, 6.45) is -0.647. The minimum atomic E-state index is -2.18. The molecule has 2 N–H and O–H groups in total. The number of hydrogen-bond acceptors (Lipinski definition) is 11. The number of ether oxygens (including phenoxy) is 6. The summed E-state index contributed by atoms with van der Waals surface area (Å²) in [6.45, 7) is 9.67. The van der Waals surface area contributed by atoms with E-state index in [-0.39, 0.29) is 36.8 Å². The van der Waals surface area contributed by atoms with Gasteiger partial charge in [-0.3, -0.25) is 4.79 Å². The van der Waals surface area contributed by atoms with Crippen LogP contribution in [0.3, 0.4) is 0 Å². The molecule has 3 fully saturated rings. The zero-order valence-electron chi connectivity index (χ0n) is 41.9. The van der Waals surface area contributed by atoms with Crippen molar-refractivity contribution in [3.05, 3.63) is 215 Å². The van der Waals surface area contributed by atoms with Gasteiger partial charge in [0.2, 0.25) is 11.6 Å². The quantitative estimate of drug-likeness (QED) is 0.0803. The van der Waals surface area contributed by atoms with Crippen LogP contribution in [0.25, 0.3) is 0 Å². The van der Waals surface area contributed by atoms with E-state index in [9.17, 15) is 15.0 Å². The van der Waals surface area contributed by atoms with Crippen molar-refractivity contribution in [3.63, 3.8) is 0 Å². The summed E-state index contributed by atoms with van der Waals surface area (Å²) in [5, 5.41) is 24.8. The Morgan fingerprint density at radius 3 is 1.31 bits per heavy atom. The molecule has 0 aliphatic carbocycles. The Bertz CT molecular complexity index is 2520. The van der Waals surface area contributed by atoms with Crippen molar-refractivity contribution in [3.8, 4) is 0 Å². The highest BCUT2D eigenvalue weighted by Crippen LogP contribution is 2.61. The van der Waals surface area contributed by atoms with Gasteiger partial charge < -0.3 is 38.6 Å². The molecule has 3 saturated heterocycles. The Balaban J connectivity index is 0.000000194. The molecule has 6 aromatic carbocycles. The maximum Gasteiger partial charge on any atom is 0.261 e. The lowest BCUT2D eigenvalue weighted by molar-refractivity contribution is -0.357. The first-order valence-electron chi connectivity index (χ1n) is 25.5. The predicted octanol–water partition coefficient (Wildman–Crippen LogP) is 12.2. The average Bonchev–Trinajstić information content (AvgIpc) is 3.44. The SMILES string of the molecule is CC[C@H]1O[C@@](O)(C(=O)c2ccccc2)[C@H](OCc2ccccc2)[C@@H](OCc2ccccc2)[C@@H]1C.CC[C@H]1O[C@@](O)(C2(c3ccccc3)SCCCS2)[C@H](OCc2ccccc2)[C@@H](OCc2ccccc2)[C@@H]1C. The van der Waals surface area contributed by atoms with E-state index in [1.165, 1.54) is 0 Å². The van der Waals surface area contributed by atoms with Gasteiger partial charge >= 0.3 is 0 Å². The van der Waals surface area contributed by atoms with Gasteiger partial charge in [0.05, 0.1) is 50.8 Å². The van der Waals surface area contributed by atoms with Gasteiger partial charge in [0, 0.05) is 17.4 Å². The Kier molecular flexibility index (Phi) is 19.0. The molecule has 0 unspecified atom stereocenters. The number of hydrogen-bond donors (Lipinski definition) is 2. The van der Waals surface area contributed by atoms with E-state index in [1.807, 2.05) is 135 Å². The molecule has 6 aromatic rings. The molecule has 72 heavy (non-hydrogen) atoms. The highest BCUT2D eigenvalue weighted by atomic mass is 32.2. The van der Waals surface area contributed by atoms with Crippen LogP contribution in [0.15, 0.2) is 182 Å². The van der Waals surface area contributed by atoms with Crippen molar-refractivity contribution in [1.82, 2.24) is 0 Å². The Hall–Kier alpha value is -4.63. The van der Waals surface area contributed by atoms with Gasteiger partial charge in [0.1, 0.15) is 16.3 Å². The van der Waals surface area contributed by atoms with Crippen LogP contribution < -0.4 is 0 Å². The van der Waals surface area contributed by atoms with E-state index < -0.39 is 39.7 Å². The summed E-state index contributed by atoms with van der Waals surface area (Å²) < 4.78 is 38.3. The number of Topliss-reactive ketones (excluding diaryl/α,β-unsaturated/α-hetero) is 1. The number of carbonyl (C=O) groups excluding carboxylic acids is 1. The fourth-order valence-electron chi connectivity index (χ4n) is 10.1. The molecular formula is C61H70O9S2. The lowest BCUT2D eigenvalue weighted by Gasteiger charge is -2.57. The number of benzene rings is 6. The number of ketones is 1. The van der Waals surface area contributed by atoms with Gasteiger partial charge in [0.15, 0.2) is 0 Å². The van der Waals surface area contributed by atoms with Crippen molar-refractivity contribution in [2.75, 3.05) is 11.5 Å². The van der Waals surface area contributed by atoms with E-state index in [4.69, 9.17) is 28.4 Å². The van der Waals surface area contributed by atoms with Crippen molar-refractivity contribution in [2.24, 2.45) is 11.8 Å². The van der Waals surface area contributed by atoms with Crippen molar-refractivity contribution in [1.29, 1.82) is 0 Å². The number of thioether (sulfide) groups is 2. The van der Waals surface area contributed by atoms with Gasteiger partial charge in [-0.25, -0.2) is 0 Å². The minimum Gasteiger partial charge on any atom is -0.370 e. The number of rotatable bonds is 18. The number of carbonyl (C=O) groups is 1. The first-order chi connectivity index (χ1) is 35.1. The maximum atomic E-state index is 13.6. The van der Waals surface area contributed by atoms with Crippen LogP contribution in [-0.2, 0) is 58.9 Å². The topological polar surface area (TPSA) is 113 Å². The Morgan fingerprint density at radius 2 is 0.875 bits per heavy atom. The standard InChI is InChI=1S/C32H38O4S2.C29H32O5/c1-3-28-24(2)29(34-22-25-14-7-4-8-15-25)30(35-23-26-16-9-5-10-17-26)31(33,36-28)32(37-20-13-21-38-32)27-18-11-6-12-19-27;1-3-25-21(2)26(32-19-22-13-7-4-8-14-22)28(33-20-23-15-9-5-10-16-23)29(31,34-25)27(30)24-17-11-6-12-18-24/h4-12,14-19,24,28-30,33H,3,13,20-23H2,1-2H3;4-18,21,25-26,28,31H,3,19-20H2,1-2H3/t24-,28-,29+,30-,31-;21-,25-,26+,28-,29+/m11/s1. The molecule has 0 radical (unpaired) electrons. The molecular weight excluding hydrogens is 941 g/mol. The van der Waals surface area contributed by atoms with E-state index in [0.717, 1.165) is 52.2 Å². The zero-order valence-corrected chi connectivity index (χ0v) is 43.5. The first-order valence-corrected chi connectivity index (χ1v) is 27.4. The van der Waals surface area contributed by atoms with Crippen molar-refractivity contribution < 1.29 is 43.4 Å². The second-order valence-corrected chi connectivity index (χ2v) is 21.8. The fourth-order valence-corrected chi connectivity index (χ4v) is 13.6. The van der Waals surface area contributed by atoms with Crippen LogP contribution in [0, 0.1) is 11.8 Å². The highest BCUT2D eigenvalue weighted by Gasteiger charge is 2.66. The van der Waals surface area contributed by atoms with Crippen LogP contribution in [-0.4, -0.2) is 75.7 Å². The minimum absolute atomic E-state index is 0.0381. The van der Waals surface area contributed by atoms with Crippen LogP contribution in [0.1, 0.15) is 85.1 Å². The summed E-state index contributed by atoms with van der Waals surface area (Å²) >= 11 is 3.55. The molecule has 0 saturated carbocycles. The maximum absolute atomic E-state index is 13.6. The van der Waals surface area contributed by atoms with Crippen molar-refractivity contribution in [2.45, 2.75) is 126 Å². The molecule has 0 bridgehead atoms. The molecule has 9 rings (SSSR count). The largest absolute Gasteiger partial charge is 0.370 e. The first kappa shape index (κ1) is 53.7. The third kappa shape index (κ3) is 12.3. The van der Waals surface area contributed by atoms with E-state index in [2.05, 4.69) is 50.2 Å². The fraction of sp³-hybridized carbons (Fsp3) is 0.393. The monoisotopic (exact) mass is 1010 g/mol. The molecule has 3 heterocycles. The van der Waals surface area contributed by atoms with E-state index in [0.29, 0.717) is 31.8 Å². The van der Waals surface area contributed by atoms with Crippen LogP contribution in [0.2, 0.25) is 0 Å². The molecule has 10 atom stereocenters. The van der Waals surface area contributed by atoms with Crippen molar-refractivity contribution >= 4 is 29.3 Å². The average molecular weight is 1010 g/mol. The molecule has 380 valence electrons. The van der Waals surface area contributed by atoms with Gasteiger partial charge in [-0.15, -0.1) is 23.5 Å². The Morgan fingerprint density at radius 1 is 0.514 bits per heavy atom. The molecule has 0 aromatic heterocycles. The summed E-state index contributed by atoms with van der Waals surface area (Å²) in [5.74, 6) is -2.47. The lowest BCUT2D eigenvalue weighted by atomic mass is 9.82. The third-order valence-corrected chi connectivity index (χ3v) is 17.6. The highest BCUT2D eigenvalue weighted by molar-refractivity contribution is 8.18. The lowest BCUT2D eigenvalue weighted by Crippen LogP contribution is -2.69. The van der Waals surface area contributed by atoms with Gasteiger partial charge in [-0.1, -0.05) is 210 Å². The van der Waals surface area contributed by atoms with Crippen LogP contribution >= 0.6 is 23.5 Å². The van der Waals surface area contributed by atoms with E-state index in [1.54, 1.807) is 47.8 Å². The summed E-state index contributed by atoms with van der Waals surface area (Å²) in [7, 11) is 0. The molecule has 3 aliphatic heterocycles. The molecule has 0 amide bonds. The molecule has 0 spiro atoms. The smallest absolute Gasteiger partial charge is 0.261 e. The normalized spacial score (nSPS) is 28.0. The van der Waals surface area contributed by atoms with Gasteiger partial charge in [-0.2, -0.15) is 0 Å². The second kappa shape index (κ2) is 25.5. The Labute approximate surface area is 435 Å². The predicted molar refractivity (Wildman–Crippen MR) is 287 cm³/mol. The van der Waals surface area contributed by atoms with Crippen LogP contribution in [0.5, 0.6) is 0 Å². The number of aliphatic hydroxyl groups is 2. The molecule has 11 heteroatoms. The zero-order chi connectivity index (χ0) is 50.4. The van der Waals surface area contributed by atoms with Gasteiger partial charge in [0.25, 0.3) is 5.79 Å².